The fourth-order valence-corrected chi connectivity index (χ4v) is 6.95. The molecule has 1 aromatic carbocycles. The SMILES string of the molecule is O=C(NC1CCC2CCCCC2C1)C1CCN(S(=O)(=O)c2ccc(F)c(F)c2)CC1. The number of hydrogen-bond acceptors (Lipinski definition) is 3. The number of nitrogens with one attached hydrogen (secondary N) is 1. The molecule has 1 saturated heterocycles. The summed E-state index contributed by atoms with van der Waals surface area (Å²) in [6, 6.07) is 2.85. The van der Waals surface area contributed by atoms with Crippen LogP contribution in [0, 0.1) is 29.4 Å². The zero-order valence-corrected chi connectivity index (χ0v) is 18.0. The van der Waals surface area contributed by atoms with E-state index < -0.39 is 21.7 Å². The summed E-state index contributed by atoms with van der Waals surface area (Å²) in [5.41, 5.74) is 0. The highest BCUT2D eigenvalue weighted by atomic mass is 32.2. The number of carbonyl (C=O) groups is 1. The first-order valence-electron chi connectivity index (χ1n) is 11.1. The van der Waals surface area contributed by atoms with E-state index in [1.807, 2.05) is 0 Å². The Kier molecular flexibility index (Phi) is 6.44. The standard InChI is InChI=1S/C22H30F2N2O3S/c23-20-8-7-19(14-21(20)24)30(28,29)26-11-9-16(10-12-26)22(27)25-18-6-5-15-3-1-2-4-17(15)13-18/h7-8,14-18H,1-6,9-13H2,(H,25,27). The molecule has 3 fully saturated rings. The summed E-state index contributed by atoms with van der Waals surface area (Å²) in [6.07, 6.45) is 9.42. The Morgan fingerprint density at radius 3 is 2.33 bits per heavy atom. The molecule has 0 bridgehead atoms. The summed E-state index contributed by atoms with van der Waals surface area (Å²) in [5.74, 6) is -0.869. The van der Waals surface area contributed by atoms with E-state index in [0.717, 1.165) is 36.8 Å². The lowest BCUT2D eigenvalue weighted by atomic mass is 9.69. The van der Waals surface area contributed by atoms with Gasteiger partial charge < -0.3 is 5.32 Å². The molecule has 166 valence electrons. The van der Waals surface area contributed by atoms with E-state index in [1.54, 1.807) is 0 Å². The van der Waals surface area contributed by atoms with E-state index in [0.29, 0.717) is 18.9 Å². The normalized spacial score (nSPS) is 28.7. The first-order chi connectivity index (χ1) is 14.3. The van der Waals surface area contributed by atoms with Gasteiger partial charge in [-0.2, -0.15) is 4.31 Å². The van der Waals surface area contributed by atoms with Crippen LogP contribution in [0.4, 0.5) is 8.78 Å². The Morgan fingerprint density at radius 1 is 0.933 bits per heavy atom. The second kappa shape index (κ2) is 8.91. The Hall–Kier alpha value is -1.54. The molecule has 8 heteroatoms. The Labute approximate surface area is 177 Å². The minimum atomic E-state index is -3.90. The predicted molar refractivity (Wildman–Crippen MR) is 109 cm³/mol. The summed E-state index contributed by atoms with van der Waals surface area (Å²) in [7, 11) is -3.90. The third-order valence-electron chi connectivity index (χ3n) is 7.24. The van der Waals surface area contributed by atoms with E-state index in [2.05, 4.69) is 5.32 Å². The maximum Gasteiger partial charge on any atom is 0.243 e. The summed E-state index contributed by atoms with van der Waals surface area (Å²) in [4.78, 5) is 12.5. The molecule has 3 unspecified atom stereocenters. The van der Waals surface area contributed by atoms with Crippen molar-refractivity contribution in [1.29, 1.82) is 0 Å². The number of piperidine rings is 1. The highest BCUT2D eigenvalue weighted by Gasteiger charge is 2.36. The van der Waals surface area contributed by atoms with Gasteiger partial charge in [0.05, 0.1) is 4.90 Å². The van der Waals surface area contributed by atoms with Crippen molar-refractivity contribution in [1.82, 2.24) is 9.62 Å². The highest BCUT2D eigenvalue weighted by molar-refractivity contribution is 7.89. The van der Waals surface area contributed by atoms with E-state index in [1.165, 1.54) is 36.4 Å². The van der Waals surface area contributed by atoms with Crippen molar-refractivity contribution in [3.05, 3.63) is 29.8 Å². The molecule has 0 aromatic heterocycles. The topological polar surface area (TPSA) is 66.5 Å². The van der Waals surface area contributed by atoms with Crippen LogP contribution >= 0.6 is 0 Å². The molecule has 1 amide bonds. The molecule has 0 radical (unpaired) electrons. The van der Waals surface area contributed by atoms with Crippen molar-refractivity contribution in [2.24, 2.45) is 17.8 Å². The number of hydrogen-bond donors (Lipinski definition) is 1. The van der Waals surface area contributed by atoms with Gasteiger partial charge >= 0.3 is 0 Å². The zero-order chi connectivity index (χ0) is 21.3. The predicted octanol–water partition coefficient (Wildman–Crippen LogP) is 3.84. The van der Waals surface area contributed by atoms with E-state index in [9.17, 15) is 22.0 Å². The quantitative estimate of drug-likeness (QED) is 0.774. The molecule has 3 atom stereocenters. The van der Waals surface area contributed by atoms with Gasteiger partial charge in [0.15, 0.2) is 11.6 Å². The second-order valence-electron chi connectivity index (χ2n) is 9.08. The summed E-state index contributed by atoms with van der Waals surface area (Å²) >= 11 is 0. The molecule has 2 saturated carbocycles. The molecule has 30 heavy (non-hydrogen) atoms. The van der Waals surface area contributed by atoms with Crippen molar-refractivity contribution in [2.45, 2.75) is 68.7 Å². The van der Waals surface area contributed by atoms with Gasteiger partial charge in [-0.15, -0.1) is 0 Å². The van der Waals surface area contributed by atoms with Gasteiger partial charge in [0.2, 0.25) is 15.9 Å². The van der Waals surface area contributed by atoms with Gasteiger partial charge in [0.1, 0.15) is 0 Å². The van der Waals surface area contributed by atoms with Crippen molar-refractivity contribution in [3.8, 4) is 0 Å². The lowest BCUT2D eigenvalue weighted by Gasteiger charge is -2.40. The van der Waals surface area contributed by atoms with Gasteiger partial charge in [0.25, 0.3) is 0 Å². The number of rotatable bonds is 4. The molecule has 5 nitrogen and oxygen atoms in total. The smallest absolute Gasteiger partial charge is 0.243 e. The Balaban J connectivity index is 1.30. The number of nitrogens with zero attached hydrogens (tertiary/aromatic N) is 1. The molecule has 4 rings (SSSR count). The number of carbonyl (C=O) groups excluding carboxylic acids is 1. The van der Waals surface area contributed by atoms with Crippen molar-refractivity contribution in [3.63, 3.8) is 0 Å². The fraction of sp³-hybridized carbons (Fsp3) is 0.682. The third kappa shape index (κ3) is 4.54. The molecule has 0 spiro atoms. The molecular formula is C22H30F2N2O3S. The number of amides is 1. The first-order valence-corrected chi connectivity index (χ1v) is 12.5. The van der Waals surface area contributed by atoms with Crippen molar-refractivity contribution >= 4 is 15.9 Å². The average Bonchev–Trinajstić information content (AvgIpc) is 2.75. The van der Waals surface area contributed by atoms with Gasteiger partial charge in [-0.1, -0.05) is 25.7 Å². The van der Waals surface area contributed by atoms with Crippen LogP contribution in [0.3, 0.4) is 0 Å². The Bertz CT molecular complexity index is 884. The van der Waals surface area contributed by atoms with Gasteiger partial charge in [0, 0.05) is 25.0 Å². The van der Waals surface area contributed by atoms with Crippen LogP contribution in [0.25, 0.3) is 0 Å². The maximum atomic E-state index is 13.5. The number of fused-ring (bicyclic) bond motifs is 1. The fourth-order valence-electron chi connectivity index (χ4n) is 5.47. The van der Waals surface area contributed by atoms with Gasteiger partial charge in [-0.05, 0) is 62.1 Å². The summed E-state index contributed by atoms with van der Waals surface area (Å²) < 4.78 is 53.3. The monoisotopic (exact) mass is 440 g/mol. The van der Waals surface area contributed by atoms with Crippen LogP contribution in [0.15, 0.2) is 23.1 Å². The molecule has 1 N–H and O–H groups in total. The van der Waals surface area contributed by atoms with Crippen molar-refractivity contribution < 1.29 is 22.0 Å². The summed E-state index contributed by atoms with van der Waals surface area (Å²) in [5, 5.41) is 3.22. The lowest BCUT2D eigenvalue weighted by molar-refractivity contribution is -0.127. The zero-order valence-electron chi connectivity index (χ0n) is 17.2. The van der Waals surface area contributed by atoms with E-state index in [-0.39, 0.29) is 35.9 Å². The highest BCUT2D eigenvalue weighted by Crippen LogP contribution is 2.40. The van der Waals surface area contributed by atoms with Crippen LogP contribution in [0.2, 0.25) is 0 Å². The molecule has 1 heterocycles. The second-order valence-corrected chi connectivity index (χ2v) is 11.0. The minimum absolute atomic E-state index is 0.0270. The maximum absolute atomic E-state index is 13.5. The van der Waals surface area contributed by atoms with Crippen LogP contribution in [-0.2, 0) is 14.8 Å². The van der Waals surface area contributed by atoms with Crippen LogP contribution in [0.1, 0.15) is 57.8 Å². The van der Waals surface area contributed by atoms with Crippen LogP contribution < -0.4 is 5.32 Å². The number of halogens is 2. The van der Waals surface area contributed by atoms with Crippen molar-refractivity contribution in [2.75, 3.05) is 13.1 Å². The third-order valence-corrected chi connectivity index (χ3v) is 9.13. The average molecular weight is 441 g/mol. The largest absolute Gasteiger partial charge is 0.353 e. The molecule has 2 aliphatic carbocycles. The first kappa shape index (κ1) is 21.7. The van der Waals surface area contributed by atoms with Gasteiger partial charge in [-0.25, -0.2) is 17.2 Å². The number of benzene rings is 1. The molecule has 1 aromatic rings. The van der Waals surface area contributed by atoms with Crippen LogP contribution in [-0.4, -0.2) is 37.8 Å². The Morgan fingerprint density at radius 2 is 1.63 bits per heavy atom. The van der Waals surface area contributed by atoms with E-state index >= 15 is 0 Å². The van der Waals surface area contributed by atoms with Crippen LogP contribution in [0.5, 0.6) is 0 Å². The number of sulfonamides is 1. The minimum Gasteiger partial charge on any atom is -0.353 e. The molecular weight excluding hydrogens is 410 g/mol. The van der Waals surface area contributed by atoms with Gasteiger partial charge in [-0.3, -0.25) is 4.79 Å². The summed E-state index contributed by atoms with van der Waals surface area (Å²) in [6.45, 7) is 0.406. The lowest BCUT2D eigenvalue weighted by Crippen LogP contribution is -2.47. The molecule has 3 aliphatic rings. The molecule has 1 aliphatic heterocycles. The van der Waals surface area contributed by atoms with E-state index in [4.69, 9.17) is 0 Å².